The van der Waals surface area contributed by atoms with E-state index in [1.54, 1.807) is 4.57 Å². The first-order valence-corrected chi connectivity index (χ1v) is 12.0. The second-order valence-electron chi connectivity index (χ2n) is 6.82. The lowest BCUT2D eigenvalue weighted by atomic mass is 10.2. The molecule has 6 N–H and O–H groups in total. The number of aryl methyl sites for hydroxylation is 1. The number of hydrogen-bond acceptors (Lipinski definition) is 4. The largest absolute Gasteiger partial charge is 0.370 e. The number of benzene rings is 1. The maximum atomic E-state index is 12.2. The summed E-state index contributed by atoms with van der Waals surface area (Å²) in [6, 6.07) is 9.81. The van der Waals surface area contributed by atoms with E-state index in [9.17, 15) is 4.79 Å². The fraction of sp³-hybridized carbons (Fsp3) is 0.423. The number of nitrogens with one attached hydrogen (secondary N) is 2. The Morgan fingerprint density at radius 1 is 1.12 bits per heavy atom. The van der Waals surface area contributed by atoms with Gasteiger partial charge in [-0.1, -0.05) is 52.0 Å². The van der Waals surface area contributed by atoms with Crippen molar-refractivity contribution < 1.29 is 0 Å². The predicted octanol–water partition coefficient (Wildman–Crippen LogP) is 4.41. The number of nitrogens with zero attached hydrogens (tertiary/aromatic N) is 3. The van der Waals surface area contributed by atoms with Gasteiger partial charge in [0.25, 0.3) is 0 Å². The number of aliphatic imine (C=N–C) groups is 1. The van der Waals surface area contributed by atoms with E-state index in [1.165, 1.54) is 0 Å². The molecular weight excluding hydrogens is 426 g/mol. The van der Waals surface area contributed by atoms with Gasteiger partial charge < -0.3 is 21.8 Å². The molecular formula is C26H43N7O. The zero-order valence-electron chi connectivity index (χ0n) is 21.9. The van der Waals surface area contributed by atoms with E-state index >= 15 is 0 Å². The number of allylic oxidation sites excluding steroid dienone is 2. The van der Waals surface area contributed by atoms with Crippen LogP contribution in [0.5, 0.6) is 0 Å². The fourth-order valence-electron chi connectivity index (χ4n) is 2.74. The molecule has 8 nitrogen and oxygen atoms in total. The Bertz CT molecular complexity index is 1040. The van der Waals surface area contributed by atoms with Crippen molar-refractivity contribution in [1.29, 1.82) is 0 Å². The smallest absolute Gasteiger partial charge is 0.354 e. The minimum absolute atomic E-state index is 0.123. The maximum absolute atomic E-state index is 12.2. The molecule has 0 bridgehead atoms. The fourth-order valence-corrected chi connectivity index (χ4v) is 2.74. The molecule has 0 amide bonds. The van der Waals surface area contributed by atoms with Crippen LogP contribution in [0.2, 0.25) is 0 Å². The molecule has 0 fully saturated rings. The van der Waals surface area contributed by atoms with Gasteiger partial charge in [-0.25, -0.2) is 4.79 Å². The van der Waals surface area contributed by atoms with Gasteiger partial charge in [0, 0.05) is 30.4 Å². The maximum Gasteiger partial charge on any atom is 0.354 e. The predicted molar refractivity (Wildman–Crippen MR) is 147 cm³/mol. The Balaban J connectivity index is 0.00000121. The second kappa shape index (κ2) is 18.1. The lowest BCUT2D eigenvalue weighted by molar-refractivity contribution is 0.655. The van der Waals surface area contributed by atoms with Crippen molar-refractivity contribution in [3.8, 4) is 5.69 Å². The van der Waals surface area contributed by atoms with Crippen molar-refractivity contribution in [1.82, 2.24) is 19.9 Å². The van der Waals surface area contributed by atoms with Gasteiger partial charge >= 0.3 is 5.69 Å². The van der Waals surface area contributed by atoms with Crippen molar-refractivity contribution >= 4 is 17.0 Å². The molecule has 0 saturated heterocycles. The zero-order chi connectivity index (χ0) is 25.9. The van der Waals surface area contributed by atoms with Crippen molar-refractivity contribution in [2.24, 2.45) is 16.5 Å². The third kappa shape index (κ3) is 11.0. The molecule has 2 aromatic heterocycles. The molecule has 0 radical (unpaired) electrons. The lowest BCUT2D eigenvalue weighted by Crippen LogP contribution is -2.23. The summed E-state index contributed by atoms with van der Waals surface area (Å²) in [5.74, 6) is 0.123. The number of rotatable bonds is 7. The molecule has 3 rings (SSSR count). The highest BCUT2D eigenvalue weighted by Gasteiger charge is 2.06. The van der Waals surface area contributed by atoms with E-state index < -0.39 is 0 Å². The minimum Gasteiger partial charge on any atom is -0.370 e. The molecule has 3 aromatic rings. The number of guanidine groups is 1. The molecule has 0 aliphatic rings. The van der Waals surface area contributed by atoms with E-state index in [2.05, 4.69) is 20.3 Å². The molecule has 0 atom stereocenters. The van der Waals surface area contributed by atoms with E-state index in [4.69, 9.17) is 11.5 Å². The number of fused-ring (bicyclic) bond motifs is 1. The molecule has 0 saturated carbocycles. The van der Waals surface area contributed by atoms with Gasteiger partial charge in [0.2, 0.25) is 0 Å². The summed E-state index contributed by atoms with van der Waals surface area (Å²) in [5, 5.41) is 4.25. The third-order valence-corrected chi connectivity index (χ3v) is 4.33. The molecule has 0 aliphatic carbocycles. The van der Waals surface area contributed by atoms with Gasteiger partial charge in [0.05, 0.1) is 5.69 Å². The van der Waals surface area contributed by atoms with Crippen molar-refractivity contribution in [3.63, 3.8) is 0 Å². The normalized spacial score (nSPS) is 9.85. The SMILES string of the molecule is C/C=C\C.CC.CC.Cc1cc2cn(-c3ccc(CNCCCN=C(N)N)cc3)c(=O)nc2[nH]1. The van der Waals surface area contributed by atoms with Gasteiger partial charge in [-0.2, -0.15) is 4.98 Å². The number of hydrogen-bond donors (Lipinski definition) is 4. The van der Waals surface area contributed by atoms with Crippen LogP contribution < -0.4 is 22.5 Å². The molecule has 2 heterocycles. The number of aromatic nitrogens is 3. The highest BCUT2D eigenvalue weighted by molar-refractivity contribution is 5.76. The zero-order valence-corrected chi connectivity index (χ0v) is 21.9. The summed E-state index contributed by atoms with van der Waals surface area (Å²) in [6.45, 7) is 16.1. The Hall–Kier alpha value is -3.39. The van der Waals surface area contributed by atoms with Gasteiger partial charge in [0.1, 0.15) is 5.65 Å². The number of H-pyrrole nitrogens is 1. The van der Waals surface area contributed by atoms with Gasteiger partial charge in [-0.3, -0.25) is 9.56 Å². The summed E-state index contributed by atoms with van der Waals surface area (Å²) < 4.78 is 1.56. The minimum atomic E-state index is -0.301. The van der Waals surface area contributed by atoms with Crippen LogP contribution in [-0.2, 0) is 6.54 Å². The Labute approximate surface area is 204 Å². The van der Waals surface area contributed by atoms with E-state index in [0.717, 1.165) is 41.8 Å². The summed E-state index contributed by atoms with van der Waals surface area (Å²) in [5.41, 5.74) is 13.8. The summed E-state index contributed by atoms with van der Waals surface area (Å²) in [4.78, 5) is 23.3. The van der Waals surface area contributed by atoms with Crippen LogP contribution in [-0.4, -0.2) is 33.6 Å². The third-order valence-electron chi connectivity index (χ3n) is 4.33. The molecule has 1 aromatic carbocycles. The quantitative estimate of drug-likeness (QED) is 0.176. The summed E-state index contributed by atoms with van der Waals surface area (Å²) in [7, 11) is 0. The average Bonchev–Trinajstić information content (AvgIpc) is 3.22. The van der Waals surface area contributed by atoms with E-state index in [-0.39, 0.29) is 11.6 Å². The van der Waals surface area contributed by atoms with E-state index in [0.29, 0.717) is 12.2 Å². The standard InChI is InChI=1S/C18H23N7O.C4H8.2C2H6/c1-12-9-14-11-25(18(26)24-16(14)23-12)15-5-3-13(4-6-15)10-21-7-2-8-22-17(19)20;1-3-4-2;2*1-2/h3-6,9,11,21H,2,7-8,10H2,1H3,(H4,19,20,22)(H,23,24,26);3-4H,1-2H3;2*1-2H3/b;4-3-;;. The number of nitrogens with two attached hydrogens (primary N) is 2. The first-order chi connectivity index (χ1) is 16.4. The van der Waals surface area contributed by atoms with Crippen molar-refractivity contribution in [2.45, 2.75) is 61.4 Å². The Morgan fingerprint density at radius 2 is 1.74 bits per heavy atom. The van der Waals surface area contributed by atoms with E-state index in [1.807, 2.05) is 97.1 Å². The molecule has 188 valence electrons. The van der Waals surface area contributed by atoms with Crippen LogP contribution in [0.25, 0.3) is 16.7 Å². The molecule has 34 heavy (non-hydrogen) atoms. The van der Waals surface area contributed by atoms with Crippen LogP contribution in [0.4, 0.5) is 0 Å². The summed E-state index contributed by atoms with van der Waals surface area (Å²) >= 11 is 0. The lowest BCUT2D eigenvalue weighted by Gasteiger charge is -2.08. The molecule has 8 heteroatoms. The van der Waals surface area contributed by atoms with Crippen LogP contribution in [0, 0.1) is 6.92 Å². The van der Waals surface area contributed by atoms with Crippen LogP contribution in [0.1, 0.15) is 59.2 Å². The van der Waals surface area contributed by atoms with Gasteiger partial charge in [-0.15, -0.1) is 0 Å². The van der Waals surface area contributed by atoms with Crippen LogP contribution >= 0.6 is 0 Å². The topological polar surface area (TPSA) is 127 Å². The highest BCUT2D eigenvalue weighted by atomic mass is 16.1. The van der Waals surface area contributed by atoms with Crippen LogP contribution in [0.3, 0.4) is 0 Å². The molecule has 0 aliphatic heterocycles. The number of aromatic amines is 1. The van der Waals surface area contributed by atoms with Crippen LogP contribution in [0.15, 0.2) is 58.5 Å². The molecule has 0 unspecified atom stereocenters. The first-order valence-electron chi connectivity index (χ1n) is 12.0. The Morgan fingerprint density at radius 3 is 2.29 bits per heavy atom. The monoisotopic (exact) mass is 469 g/mol. The van der Waals surface area contributed by atoms with Crippen molar-refractivity contribution in [3.05, 3.63) is 70.4 Å². The van der Waals surface area contributed by atoms with Crippen molar-refractivity contribution in [2.75, 3.05) is 13.1 Å². The Kier molecular flexibility index (Phi) is 16.3. The first kappa shape index (κ1) is 30.6. The van der Waals surface area contributed by atoms with Gasteiger partial charge in [-0.05, 0) is 57.5 Å². The average molecular weight is 470 g/mol. The summed E-state index contributed by atoms with van der Waals surface area (Å²) in [6.07, 6.45) is 6.68. The second-order valence-corrected chi connectivity index (χ2v) is 6.82. The van der Waals surface area contributed by atoms with Gasteiger partial charge in [0.15, 0.2) is 5.96 Å². The molecule has 0 spiro atoms. The highest BCUT2D eigenvalue weighted by Crippen LogP contribution is 2.13.